The second kappa shape index (κ2) is 9.62. The number of aliphatic hydroxyl groups is 1. The maximum Gasteiger partial charge on any atom is 0.251 e. The molecule has 0 saturated carbocycles. The minimum Gasteiger partial charge on any atom is -0.490 e. The van der Waals surface area contributed by atoms with Crippen LogP contribution in [0.25, 0.3) is 0 Å². The molecule has 2 amide bonds. The summed E-state index contributed by atoms with van der Waals surface area (Å²) in [4.78, 5) is 28.4. The fourth-order valence-corrected chi connectivity index (χ4v) is 5.80. The highest BCUT2D eigenvalue weighted by Gasteiger charge is 2.46. The first-order chi connectivity index (χ1) is 18.1. The van der Waals surface area contributed by atoms with Crippen molar-refractivity contribution in [3.63, 3.8) is 0 Å². The van der Waals surface area contributed by atoms with Crippen molar-refractivity contribution in [2.24, 2.45) is 0 Å². The van der Waals surface area contributed by atoms with Crippen molar-refractivity contribution >= 4 is 17.8 Å². The van der Waals surface area contributed by atoms with Gasteiger partial charge in [-0.1, -0.05) is 32.0 Å². The lowest BCUT2D eigenvalue weighted by Crippen LogP contribution is -2.63. The van der Waals surface area contributed by atoms with Gasteiger partial charge in [0, 0.05) is 28.7 Å². The van der Waals surface area contributed by atoms with Gasteiger partial charge in [0.05, 0.1) is 18.5 Å². The Morgan fingerprint density at radius 2 is 1.89 bits per heavy atom. The van der Waals surface area contributed by atoms with Gasteiger partial charge in [-0.05, 0) is 51.0 Å². The number of aliphatic hydroxyl groups excluding tert-OH is 1. The zero-order valence-electron chi connectivity index (χ0n) is 22.3. The maximum absolute atomic E-state index is 13.5. The average Bonchev–Trinajstić information content (AvgIpc) is 2.89. The molecule has 202 valence electrons. The van der Waals surface area contributed by atoms with E-state index in [1.165, 1.54) is 4.90 Å². The standard InChI is InChI=1S/C29H36N4O5/c1-5-29(6-2)15-24(35)33(27(30)32-29)20-14-28(3,4)38-23-12-11-17(13-19(20)23)26(36)31-25-18-9-7-8-10-22(18)37-16-21(25)34/h7-13,20-21,25,34H,5-6,14-16H2,1-4H3,(H2,30,32)(H,31,36)/t20?,21-,25-/m1/s1. The Morgan fingerprint density at radius 3 is 2.61 bits per heavy atom. The maximum atomic E-state index is 13.5. The quantitative estimate of drug-likeness (QED) is 0.475. The van der Waals surface area contributed by atoms with Crippen LogP contribution in [0.2, 0.25) is 0 Å². The van der Waals surface area contributed by atoms with Crippen molar-refractivity contribution in [1.29, 1.82) is 5.41 Å². The Morgan fingerprint density at radius 1 is 1.16 bits per heavy atom. The summed E-state index contributed by atoms with van der Waals surface area (Å²) in [5.41, 5.74) is 0.798. The van der Waals surface area contributed by atoms with Gasteiger partial charge < -0.3 is 25.2 Å². The lowest BCUT2D eigenvalue weighted by atomic mass is 9.83. The van der Waals surface area contributed by atoms with Crippen LogP contribution in [0.3, 0.4) is 0 Å². The van der Waals surface area contributed by atoms with E-state index in [4.69, 9.17) is 14.9 Å². The van der Waals surface area contributed by atoms with Gasteiger partial charge in [-0.15, -0.1) is 0 Å². The van der Waals surface area contributed by atoms with Crippen molar-refractivity contribution < 1.29 is 24.2 Å². The highest BCUT2D eigenvalue weighted by molar-refractivity contribution is 6.00. The molecule has 3 aliphatic rings. The van der Waals surface area contributed by atoms with Crippen LogP contribution in [0, 0.1) is 5.41 Å². The van der Waals surface area contributed by atoms with E-state index in [2.05, 4.69) is 10.6 Å². The second-order valence-electron chi connectivity index (χ2n) is 11.1. The number of benzene rings is 2. The normalized spacial score (nSPS) is 25.3. The van der Waals surface area contributed by atoms with Crippen LogP contribution in [0.5, 0.6) is 11.5 Å². The number of guanidine groups is 1. The first kappa shape index (κ1) is 26.0. The summed E-state index contributed by atoms with van der Waals surface area (Å²) in [5.74, 6) is 0.835. The molecule has 3 atom stereocenters. The fourth-order valence-electron chi connectivity index (χ4n) is 5.80. The van der Waals surface area contributed by atoms with Gasteiger partial charge in [0.2, 0.25) is 5.91 Å². The highest BCUT2D eigenvalue weighted by Crippen LogP contribution is 2.44. The van der Waals surface area contributed by atoms with Crippen LogP contribution in [-0.2, 0) is 4.79 Å². The molecule has 9 heteroatoms. The molecular formula is C29H36N4O5. The number of nitrogens with zero attached hydrogens (tertiary/aromatic N) is 1. The predicted octanol–water partition coefficient (Wildman–Crippen LogP) is 3.83. The van der Waals surface area contributed by atoms with E-state index < -0.39 is 29.3 Å². The highest BCUT2D eigenvalue weighted by atomic mass is 16.5. The van der Waals surface area contributed by atoms with Gasteiger partial charge in [-0.2, -0.15) is 0 Å². The number of carbonyl (C=O) groups excluding carboxylic acids is 2. The van der Waals surface area contributed by atoms with Crippen LogP contribution < -0.4 is 20.1 Å². The second-order valence-corrected chi connectivity index (χ2v) is 11.1. The van der Waals surface area contributed by atoms with Crippen molar-refractivity contribution in [2.45, 2.75) is 82.7 Å². The van der Waals surface area contributed by atoms with Crippen LogP contribution in [0.1, 0.15) is 86.9 Å². The van der Waals surface area contributed by atoms with E-state index in [9.17, 15) is 14.7 Å². The number of amides is 2. The molecule has 1 saturated heterocycles. The third-order valence-electron chi connectivity index (χ3n) is 8.09. The Hall–Kier alpha value is -3.59. The van der Waals surface area contributed by atoms with E-state index in [1.54, 1.807) is 18.2 Å². The minimum atomic E-state index is -0.890. The number of nitrogens with one attached hydrogen (secondary N) is 3. The molecule has 38 heavy (non-hydrogen) atoms. The van der Waals surface area contributed by atoms with Crippen LogP contribution in [0.15, 0.2) is 42.5 Å². The van der Waals surface area contributed by atoms with Gasteiger partial charge in [0.15, 0.2) is 5.96 Å². The molecule has 0 bridgehead atoms. The molecule has 1 unspecified atom stereocenters. The van der Waals surface area contributed by atoms with E-state index in [0.29, 0.717) is 41.0 Å². The van der Waals surface area contributed by atoms with Crippen molar-refractivity contribution in [2.75, 3.05) is 6.61 Å². The number of ether oxygens (including phenoxy) is 2. The molecule has 0 radical (unpaired) electrons. The summed E-state index contributed by atoms with van der Waals surface area (Å²) in [7, 11) is 0. The lowest BCUT2D eigenvalue weighted by Gasteiger charge is -2.48. The third-order valence-corrected chi connectivity index (χ3v) is 8.09. The number of rotatable bonds is 5. The molecular weight excluding hydrogens is 484 g/mol. The predicted molar refractivity (Wildman–Crippen MR) is 142 cm³/mol. The molecule has 5 rings (SSSR count). The molecule has 1 fully saturated rings. The van der Waals surface area contributed by atoms with Crippen molar-refractivity contribution in [3.8, 4) is 11.5 Å². The monoisotopic (exact) mass is 520 g/mol. The molecule has 2 aromatic rings. The molecule has 2 aromatic carbocycles. The molecule has 4 N–H and O–H groups in total. The van der Waals surface area contributed by atoms with Gasteiger partial charge >= 0.3 is 0 Å². The summed E-state index contributed by atoms with van der Waals surface area (Å²) in [6, 6.07) is 11.4. The van der Waals surface area contributed by atoms with E-state index >= 15 is 0 Å². The average molecular weight is 521 g/mol. The molecule has 0 spiro atoms. The lowest BCUT2D eigenvalue weighted by molar-refractivity contribution is -0.134. The van der Waals surface area contributed by atoms with E-state index in [1.807, 2.05) is 52.0 Å². The molecule has 0 aliphatic carbocycles. The van der Waals surface area contributed by atoms with Crippen LogP contribution in [0.4, 0.5) is 0 Å². The van der Waals surface area contributed by atoms with Gasteiger partial charge in [0.1, 0.15) is 29.8 Å². The molecule has 9 nitrogen and oxygen atoms in total. The SMILES string of the molecule is CCC1(CC)CC(=O)N(C2CC(C)(C)Oc3ccc(C(=O)N[C@@H]4c5ccccc5OC[C@H]4O)cc32)C(=N)N1. The summed E-state index contributed by atoms with van der Waals surface area (Å²) in [6.07, 6.45) is 1.37. The molecule has 3 aliphatic heterocycles. The zero-order chi connectivity index (χ0) is 27.2. The summed E-state index contributed by atoms with van der Waals surface area (Å²) >= 11 is 0. The van der Waals surface area contributed by atoms with E-state index in [-0.39, 0.29) is 24.4 Å². The number of hydrogen-bond acceptors (Lipinski definition) is 6. The first-order valence-corrected chi connectivity index (χ1v) is 13.3. The molecule has 0 aromatic heterocycles. The van der Waals surface area contributed by atoms with Gasteiger partial charge in [0.25, 0.3) is 5.91 Å². The summed E-state index contributed by atoms with van der Waals surface area (Å²) in [6.45, 7) is 8.06. The molecule has 3 heterocycles. The number of carbonyl (C=O) groups is 2. The minimum absolute atomic E-state index is 0.0791. The number of hydrogen-bond donors (Lipinski definition) is 4. The number of fused-ring (bicyclic) bond motifs is 2. The van der Waals surface area contributed by atoms with E-state index in [0.717, 1.165) is 12.8 Å². The van der Waals surface area contributed by atoms with Crippen LogP contribution in [-0.4, -0.2) is 51.6 Å². The third kappa shape index (κ3) is 4.60. The Balaban J connectivity index is 1.46. The first-order valence-electron chi connectivity index (χ1n) is 13.3. The largest absolute Gasteiger partial charge is 0.490 e. The summed E-state index contributed by atoms with van der Waals surface area (Å²) < 4.78 is 11.8. The fraction of sp³-hybridized carbons (Fsp3) is 0.483. The van der Waals surface area contributed by atoms with Crippen molar-refractivity contribution in [1.82, 2.24) is 15.5 Å². The van der Waals surface area contributed by atoms with Gasteiger partial charge in [-0.25, -0.2) is 0 Å². The van der Waals surface area contributed by atoms with Crippen LogP contribution >= 0.6 is 0 Å². The smallest absolute Gasteiger partial charge is 0.251 e. The topological polar surface area (TPSA) is 124 Å². The Kier molecular flexibility index (Phi) is 6.59. The Labute approximate surface area is 223 Å². The van der Waals surface area contributed by atoms with Crippen molar-refractivity contribution in [3.05, 3.63) is 59.2 Å². The zero-order valence-corrected chi connectivity index (χ0v) is 22.3. The summed E-state index contributed by atoms with van der Waals surface area (Å²) in [5, 5.41) is 25.6. The Bertz CT molecular complexity index is 1250. The number of para-hydroxylation sites is 1. The van der Waals surface area contributed by atoms with Gasteiger partial charge in [-0.3, -0.25) is 19.9 Å².